The Hall–Kier alpha value is -1.35. The van der Waals surface area contributed by atoms with Crippen LogP contribution in [0.5, 0.6) is 5.75 Å². The minimum absolute atomic E-state index is 0. The first-order valence-electron chi connectivity index (χ1n) is 9.65. The maximum absolute atomic E-state index is 12.8. The molecule has 3 N–H and O–H groups in total. The lowest BCUT2D eigenvalue weighted by molar-refractivity contribution is -0.117. The third kappa shape index (κ3) is 5.83. The van der Waals surface area contributed by atoms with E-state index in [0.29, 0.717) is 37.6 Å². The molecule has 0 saturated heterocycles. The van der Waals surface area contributed by atoms with Crippen molar-refractivity contribution >= 4 is 34.0 Å². The normalized spacial score (nSPS) is 19.3. The fourth-order valence-electron chi connectivity index (χ4n) is 3.52. The van der Waals surface area contributed by atoms with Crippen LogP contribution in [0.25, 0.3) is 0 Å². The molecular weight excluding hydrogens is 402 g/mol. The summed E-state index contributed by atoms with van der Waals surface area (Å²) in [4.78, 5) is 12.6. The first-order chi connectivity index (χ1) is 12.8. The Balaban J connectivity index is 0.00000392. The summed E-state index contributed by atoms with van der Waals surface area (Å²) in [6, 6.07) is 4.64. The van der Waals surface area contributed by atoms with Crippen molar-refractivity contribution in [3.8, 4) is 5.75 Å². The van der Waals surface area contributed by atoms with Crippen molar-refractivity contribution in [2.45, 2.75) is 57.4 Å². The maximum Gasteiger partial charge on any atom is 0.243 e. The summed E-state index contributed by atoms with van der Waals surface area (Å²) in [6.45, 7) is 6.61. The fourth-order valence-corrected chi connectivity index (χ4v) is 5.00. The number of nitrogens with one attached hydrogen (secondary N) is 1. The highest BCUT2D eigenvalue weighted by Gasteiger charge is 2.27. The van der Waals surface area contributed by atoms with E-state index in [1.165, 1.54) is 16.4 Å². The van der Waals surface area contributed by atoms with Crippen molar-refractivity contribution in [1.29, 1.82) is 0 Å². The average molecular weight is 434 g/mol. The number of benzene rings is 1. The van der Waals surface area contributed by atoms with Crippen molar-refractivity contribution in [2.24, 2.45) is 11.7 Å². The molecule has 0 radical (unpaired) electrons. The molecule has 1 amide bonds. The summed E-state index contributed by atoms with van der Waals surface area (Å²) in [7, 11) is -3.62. The summed E-state index contributed by atoms with van der Waals surface area (Å²) in [6.07, 6.45) is 3.27. The number of carbonyl (C=O) groups is 1. The predicted molar refractivity (Wildman–Crippen MR) is 114 cm³/mol. The van der Waals surface area contributed by atoms with Gasteiger partial charge in [0.1, 0.15) is 5.75 Å². The smallest absolute Gasteiger partial charge is 0.243 e. The minimum atomic E-state index is -3.62. The van der Waals surface area contributed by atoms with Gasteiger partial charge in [-0.05, 0) is 43.9 Å². The molecule has 0 heterocycles. The SMILES string of the molecule is CCOc1ccc(S(=O)(=O)N(CC)CC)cc1NC(=O)C[C@@H]1CCC[C@H]1N.Cl. The number of amides is 1. The van der Waals surface area contributed by atoms with Crippen molar-refractivity contribution in [3.63, 3.8) is 0 Å². The lowest BCUT2D eigenvalue weighted by Gasteiger charge is -2.20. The van der Waals surface area contributed by atoms with E-state index in [4.69, 9.17) is 10.5 Å². The van der Waals surface area contributed by atoms with Gasteiger partial charge in [-0.3, -0.25) is 4.79 Å². The van der Waals surface area contributed by atoms with Gasteiger partial charge in [0.15, 0.2) is 0 Å². The van der Waals surface area contributed by atoms with Gasteiger partial charge in [-0.15, -0.1) is 12.4 Å². The maximum atomic E-state index is 12.8. The van der Waals surface area contributed by atoms with E-state index < -0.39 is 10.0 Å². The zero-order valence-electron chi connectivity index (χ0n) is 16.8. The first-order valence-corrected chi connectivity index (χ1v) is 11.1. The molecule has 1 aromatic rings. The molecule has 28 heavy (non-hydrogen) atoms. The van der Waals surface area contributed by atoms with Gasteiger partial charge in [-0.25, -0.2) is 8.42 Å². The summed E-state index contributed by atoms with van der Waals surface area (Å²) in [5, 5.41) is 2.83. The second-order valence-electron chi connectivity index (χ2n) is 6.79. The van der Waals surface area contributed by atoms with E-state index in [9.17, 15) is 13.2 Å². The lowest BCUT2D eigenvalue weighted by atomic mass is 10.00. The Kier molecular flexibility index (Phi) is 9.69. The van der Waals surface area contributed by atoms with Gasteiger partial charge in [0.25, 0.3) is 0 Å². The van der Waals surface area contributed by atoms with E-state index in [1.54, 1.807) is 19.9 Å². The Bertz CT molecular complexity index is 754. The number of halogens is 1. The number of hydrogen-bond donors (Lipinski definition) is 2. The molecule has 1 aromatic carbocycles. The Labute approximate surface area is 174 Å². The molecule has 0 bridgehead atoms. The molecule has 0 spiro atoms. The van der Waals surface area contributed by atoms with Gasteiger partial charge in [-0.2, -0.15) is 4.31 Å². The molecule has 9 heteroatoms. The number of sulfonamides is 1. The Morgan fingerprint density at radius 3 is 2.46 bits per heavy atom. The van der Waals surface area contributed by atoms with Crippen LogP contribution in [0.3, 0.4) is 0 Å². The predicted octanol–water partition coefficient (Wildman–Crippen LogP) is 2.99. The molecule has 0 aromatic heterocycles. The molecule has 2 atom stereocenters. The van der Waals surface area contributed by atoms with Crippen LogP contribution < -0.4 is 15.8 Å². The number of anilines is 1. The molecule has 2 rings (SSSR count). The summed E-state index contributed by atoms with van der Waals surface area (Å²) in [5.74, 6) is 0.457. The number of ether oxygens (including phenoxy) is 1. The number of carbonyl (C=O) groups excluding carboxylic acids is 1. The average Bonchev–Trinajstić information content (AvgIpc) is 3.02. The van der Waals surface area contributed by atoms with Gasteiger partial charge in [0.05, 0.1) is 17.2 Å². The highest BCUT2D eigenvalue weighted by atomic mass is 35.5. The molecule has 1 saturated carbocycles. The highest BCUT2D eigenvalue weighted by Crippen LogP contribution is 2.31. The van der Waals surface area contributed by atoms with E-state index in [0.717, 1.165) is 19.3 Å². The largest absolute Gasteiger partial charge is 0.492 e. The zero-order valence-corrected chi connectivity index (χ0v) is 18.4. The highest BCUT2D eigenvalue weighted by molar-refractivity contribution is 7.89. The summed E-state index contributed by atoms with van der Waals surface area (Å²) < 4.78 is 32.5. The van der Waals surface area contributed by atoms with E-state index in [-0.39, 0.29) is 35.2 Å². The second kappa shape index (κ2) is 11.0. The van der Waals surface area contributed by atoms with Gasteiger partial charge in [-0.1, -0.05) is 20.3 Å². The van der Waals surface area contributed by atoms with Crippen LogP contribution in [0.4, 0.5) is 5.69 Å². The van der Waals surface area contributed by atoms with Crippen molar-refractivity contribution < 1.29 is 17.9 Å². The van der Waals surface area contributed by atoms with Crippen LogP contribution in [0.2, 0.25) is 0 Å². The summed E-state index contributed by atoms with van der Waals surface area (Å²) >= 11 is 0. The third-order valence-corrected chi connectivity index (χ3v) is 7.08. The van der Waals surface area contributed by atoms with Crippen molar-refractivity contribution in [1.82, 2.24) is 4.31 Å². The van der Waals surface area contributed by atoms with Gasteiger partial charge in [0.2, 0.25) is 15.9 Å². The molecule has 1 fully saturated rings. The van der Waals surface area contributed by atoms with Gasteiger partial charge < -0.3 is 15.8 Å². The molecule has 1 aliphatic carbocycles. The van der Waals surface area contributed by atoms with Crippen molar-refractivity contribution in [2.75, 3.05) is 25.0 Å². The monoisotopic (exact) mass is 433 g/mol. The first kappa shape index (κ1) is 24.7. The van der Waals surface area contributed by atoms with Crippen LogP contribution in [0, 0.1) is 5.92 Å². The fraction of sp³-hybridized carbons (Fsp3) is 0.632. The van der Waals surface area contributed by atoms with Crippen LogP contribution in [0.15, 0.2) is 23.1 Å². The van der Waals surface area contributed by atoms with Gasteiger partial charge >= 0.3 is 0 Å². The van der Waals surface area contributed by atoms with Crippen LogP contribution in [-0.4, -0.2) is 44.4 Å². The minimum Gasteiger partial charge on any atom is -0.492 e. The summed E-state index contributed by atoms with van der Waals surface area (Å²) in [5.41, 5.74) is 6.43. The number of nitrogens with zero attached hydrogens (tertiary/aromatic N) is 1. The van der Waals surface area contributed by atoms with Gasteiger partial charge in [0, 0.05) is 25.6 Å². The molecule has 0 aliphatic heterocycles. The standard InChI is InChI=1S/C19H31N3O4S.ClH/c1-4-22(5-2)27(24,25)15-10-11-18(26-6-3)17(13-15)21-19(23)12-14-8-7-9-16(14)20;/h10-11,13-14,16H,4-9,12,20H2,1-3H3,(H,21,23);1H/t14-,16+;/m0./s1. The van der Waals surface area contributed by atoms with E-state index in [2.05, 4.69) is 5.32 Å². The van der Waals surface area contributed by atoms with Crippen LogP contribution in [0.1, 0.15) is 46.5 Å². The Morgan fingerprint density at radius 1 is 1.25 bits per heavy atom. The van der Waals surface area contributed by atoms with E-state index in [1.807, 2.05) is 6.92 Å². The van der Waals surface area contributed by atoms with E-state index >= 15 is 0 Å². The van der Waals surface area contributed by atoms with Crippen molar-refractivity contribution in [3.05, 3.63) is 18.2 Å². The zero-order chi connectivity index (χ0) is 20.0. The van der Waals surface area contributed by atoms with Crippen LogP contribution >= 0.6 is 12.4 Å². The molecule has 160 valence electrons. The second-order valence-corrected chi connectivity index (χ2v) is 8.73. The molecule has 7 nitrogen and oxygen atoms in total. The molecular formula is C19H32ClN3O4S. The molecule has 1 aliphatic rings. The number of hydrogen-bond acceptors (Lipinski definition) is 5. The quantitative estimate of drug-likeness (QED) is 0.623. The topological polar surface area (TPSA) is 102 Å². The lowest BCUT2D eigenvalue weighted by Crippen LogP contribution is -2.31. The molecule has 0 unspecified atom stereocenters. The Morgan fingerprint density at radius 2 is 1.93 bits per heavy atom. The number of rotatable bonds is 9. The third-order valence-electron chi connectivity index (χ3n) is 5.03. The van der Waals surface area contributed by atoms with Crippen LogP contribution in [-0.2, 0) is 14.8 Å². The number of nitrogens with two attached hydrogens (primary N) is 1.